The van der Waals surface area contributed by atoms with Gasteiger partial charge in [0.1, 0.15) is 11.8 Å². The smallest absolute Gasteiger partial charge is 0.258 e. The highest BCUT2D eigenvalue weighted by molar-refractivity contribution is 5.78. The van der Waals surface area contributed by atoms with Crippen molar-refractivity contribution in [2.24, 2.45) is 0 Å². The fraction of sp³-hybridized carbons (Fsp3) is 0.429. The molecule has 0 bridgehead atoms. The summed E-state index contributed by atoms with van der Waals surface area (Å²) in [4.78, 5) is 19.2. The molecule has 0 unspecified atom stereocenters. The van der Waals surface area contributed by atoms with Crippen LogP contribution in [0.3, 0.4) is 0 Å². The number of hydrogen-bond acceptors (Lipinski definition) is 7. The van der Waals surface area contributed by atoms with Crippen LogP contribution in [0.2, 0.25) is 0 Å². The summed E-state index contributed by atoms with van der Waals surface area (Å²) in [5.41, 5.74) is 4.41. The first-order valence-corrected chi connectivity index (χ1v) is 12.7. The molecule has 36 heavy (non-hydrogen) atoms. The van der Waals surface area contributed by atoms with Gasteiger partial charge in [-0.3, -0.25) is 4.79 Å². The Morgan fingerprint density at radius 1 is 1.25 bits per heavy atom. The largest absolute Gasteiger partial charge is 0.490 e. The standard InChI is InChI=1S/C28H31N5O3/c1-18(2)35-25-12-9-19(15-20(25)16-29)28-31-27(32-36-28)23-8-6-7-22-21(23)10-11-24(22)30-17-26(34)33-13-4-3-5-14-33/h6-9,12,15,18,24,30H,3-5,10-11,13-14,17H2,1-2H3/t24-/m0/s1. The summed E-state index contributed by atoms with van der Waals surface area (Å²) in [5.74, 6) is 1.60. The van der Waals surface area contributed by atoms with Crippen LogP contribution >= 0.6 is 0 Å². The lowest BCUT2D eigenvalue weighted by Gasteiger charge is -2.27. The van der Waals surface area contributed by atoms with Gasteiger partial charge in [-0.15, -0.1) is 0 Å². The van der Waals surface area contributed by atoms with Gasteiger partial charge in [-0.1, -0.05) is 23.4 Å². The number of nitriles is 1. The number of ether oxygens (including phenoxy) is 1. The lowest BCUT2D eigenvalue weighted by atomic mass is 10.0. The molecule has 1 atom stereocenters. The quantitative estimate of drug-likeness (QED) is 0.519. The van der Waals surface area contributed by atoms with Crippen molar-refractivity contribution in [2.45, 2.75) is 58.1 Å². The molecule has 1 saturated heterocycles. The Bertz CT molecular complexity index is 1290. The molecule has 1 aliphatic carbocycles. The molecule has 1 aliphatic heterocycles. The van der Waals surface area contributed by atoms with Crippen molar-refractivity contribution in [3.63, 3.8) is 0 Å². The molecule has 1 fully saturated rings. The van der Waals surface area contributed by atoms with E-state index in [1.54, 1.807) is 12.1 Å². The Morgan fingerprint density at radius 2 is 2.08 bits per heavy atom. The maximum Gasteiger partial charge on any atom is 0.258 e. The van der Waals surface area contributed by atoms with Gasteiger partial charge in [0.2, 0.25) is 11.7 Å². The molecule has 0 radical (unpaired) electrons. The van der Waals surface area contributed by atoms with E-state index < -0.39 is 0 Å². The molecule has 3 aromatic rings. The van der Waals surface area contributed by atoms with E-state index in [2.05, 4.69) is 27.6 Å². The number of carbonyl (C=O) groups is 1. The lowest BCUT2D eigenvalue weighted by Crippen LogP contribution is -2.41. The van der Waals surface area contributed by atoms with Crippen LogP contribution in [0.15, 0.2) is 40.9 Å². The Balaban J connectivity index is 1.32. The van der Waals surface area contributed by atoms with Gasteiger partial charge in [0.25, 0.3) is 5.89 Å². The minimum absolute atomic E-state index is 0.0284. The first-order valence-electron chi connectivity index (χ1n) is 12.7. The van der Waals surface area contributed by atoms with Crippen LogP contribution in [-0.2, 0) is 11.2 Å². The summed E-state index contributed by atoms with van der Waals surface area (Å²) >= 11 is 0. The van der Waals surface area contributed by atoms with E-state index in [0.29, 0.717) is 35.1 Å². The molecule has 0 saturated carbocycles. The van der Waals surface area contributed by atoms with Crippen molar-refractivity contribution in [3.05, 3.63) is 53.1 Å². The van der Waals surface area contributed by atoms with E-state index in [9.17, 15) is 10.1 Å². The van der Waals surface area contributed by atoms with Crippen LogP contribution < -0.4 is 10.1 Å². The SMILES string of the molecule is CC(C)Oc1ccc(-c2nc(-c3cccc4c3CC[C@@H]4NCC(=O)N3CCCCC3)no2)cc1C#N. The number of nitrogens with zero attached hydrogens (tertiary/aromatic N) is 4. The molecular formula is C28H31N5O3. The van der Waals surface area contributed by atoms with E-state index in [4.69, 9.17) is 9.26 Å². The van der Waals surface area contributed by atoms with Crippen LogP contribution in [0.4, 0.5) is 0 Å². The number of fused-ring (bicyclic) bond motifs is 1. The first kappa shape index (κ1) is 24.0. The third kappa shape index (κ3) is 4.98. The number of rotatable bonds is 7. The summed E-state index contributed by atoms with van der Waals surface area (Å²) in [7, 11) is 0. The summed E-state index contributed by atoms with van der Waals surface area (Å²) in [6.45, 7) is 5.94. The van der Waals surface area contributed by atoms with Gasteiger partial charge < -0.3 is 19.5 Å². The number of piperidine rings is 1. The highest BCUT2D eigenvalue weighted by Gasteiger charge is 2.27. The monoisotopic (exact) mass is 485 g/mol. The fourth-order valence-electron chi connectivity index (χ4n) is 5.10. The maximum atomic E-state index is 12.6. The van der Waals surface area contributed by atoms with Gasteiger partial charge in [-0.25, -0.2) is 0 Å². The zero-order valence-corrected chi connectivity index (χ0v) is 20.8. The Labute approximate surface area is 211 Å². The van der Waals surface area contributed by atoms with Gasteiger partial charge in [0.15, 0.2) is 0 Å². The fourth-order valence-corrected chi connectivity index (χ4v) is 5.10. The van der Waals surface area contributed by atoms with E-state index in [1.165, 1.54) is 17.5 Å². The molecular weight excluding hydrogens is 454 g/mol. The molecule has 8 heteroatoms. The molecule has 1 amide bonds. The van der Waals surface area contributed by atoms with Crippen LogP contribution in [0.1, 0.15) is 62.3 Å². The minimum atomic E-state index is -0.0284. The van der Waals surface area contributed by atoms with Crippen molar-refractivity contribution in [2.75, 3.05) is 19.6 Å². The van der Waals surface area contributed by atoms with E-state index in [-0.39, 0.29) is 18.1 Å². The molecule has 1 aromatic heterocycles. The van der Waals surface area contributed by atoms with Gasteiger partial charge in [0.05, 0.1) is 18.2 Å². The van der Waals surface area contributed by atoms with E-state index >= 15 is 0 Å². The summed E-state index contributed by atoms with van der Waals surface area (Å²) in [6.07, 6.45) is 5.19. The van der Waals surface area contributed by atoms with Crippen LogP contribution in [0.5, 0.6) is 5.75 Å². The van der Waals surface area contributed by atoms with Crippen molar-refractivity contribution < 1.29 is 14.1 Å². The Hall–Kier alpha value is -3.70. The second-order valence-corrected chi connectivity index (χ2v) is 9.70. The topological polar surface area (TPSA) is 104 Å². The maximum absolute atomic E-state index is 12.6. The highest BCUT2D eigenvalue weighted by Crippen LogP contribution is 2.37. The zero-order chi connectivity index (χ0) is 25.1. The summed E-state index contributed by atoms with van der Waals surface area (Å²) < 4.78 is 11.3. The van der Waals surface area contributed by atoms with Crippen LogP contribution in [-0.4, -0.2) is 46.7 Å². The van der Waals surface area contributed by atoms with Crippen molar-refractivity contribution in [3.8, 4) is 34.7 Å². The molecule has 5 rings (SSSR count). The predicted molar refractivity (Wildman–Crippen MR) is 135 cm³/mol. The summed E-state index contributed by atoms with van der Waals surface area (Å²) in [5, 5.41) is 17.3. The number of amides is 1. The normalized spacial score (nSPS) is 17.2. The molecule has 2 aliphatic rings. The number of carbonyl (C=O) groups excluding carboxylic acids is 1. The van der Waals surface area contributed by atoms with Gasteiger partial charge >= 0.3 is 0 Å². The Kier molecular flexibility index (Phi) is 7.01. The van der Waals surface area contributed by atoms with Crippen molar-refractivity contribution in [1.82, 2.24) is 20.4 Å². The minimum Gasteiger partial charge on any atom is -0.490 e. The van der Waals surface area contributed by atoms with Crippen molar-refractivity contribution in [1.29, 1.82) is 5.26 Å². The first-order chi connectivity index (χ1) is 17.5. The second kappa shape index (κ2) is 10.5. The zero-order valence-electron chi connectivity index (χ0n) is 20.8. The Morgan fingerprint density at radius 3 is 2.86 bits per heavy atom. The number of benzene rings is 2. The molecule has 186 valence electrons. The van der Waals surface area contributed by atoms with Crippen LogP contribution in [0.25, 0.3) is 22.8 Å². The number of nitrogens with one attached hydrogen (secondary N) is 1. The lowest BCUT2D eigenvalue weighted by molar-refractivity contribution is -0.131. The number of likely N-dealkylation sites (tertiary alicyclic amines) is 1. The number of aromatic nitrogens is 2. The number of hydrogen-bond donors (Lipinski definition) is 1. The van der Waals surface area contributed by atoms with Crippen LogP contribution in [0, 0.1) is 11.3 Å². The van der Waals surface area contributed by atoms with Gasteiger partial charge in [-0.05, 0) is 75.3 Å². The predicted octanol–water partition coefficient (Wildman–Crippen LogP) is 4.65. The average Bonchev–Trinajstić information content (AvgIpc) is 3.55. The molecule has 2 aromatic carbocycles. The highest BCUT2D eigenvalue weighted by atomic mass is 16.5. The van der Waals surface area contributed by atoms with Gasteiger partial charge in [-0.2, -0.15) is 10.2 Å². The van der Waals surface area contributed by atoms with Gasteiger partial charge in [0, 0.05) is 30.3 Å². The average molecular weight is 486 g/mol. The molecule has 1 N–H and O–H groups in total. The third-order valence-corrected chi connectivity index (χ3v) is 6.86. The molecule has 8 nitrogen and oxygen atoms in total. The molecule has 2 heterocycles. The summed E-state index contributed by atoms with van der Waals surface area (Å²) in [6, 6.07) is 13.7. The molecule has 0 spiro atoms. The second-order valence-electron chi connectivity index (χ2n) is 9.70. The van der Waals surface area contributed by atoms with E-state index in [1.807, 2.05) is 36.9 Å². The van der Waals surface area contributed by atoms with Crippen molar-refractivity contribution >= 4 is 5.91 Å². The third-order valence-electron chi connectivity index (χ3n) is 6.86. The van der Waals surface area contributed by atoms with E-state index in [0.717, 1.165) is 44.3 Å².